The maximum absolute atomic E-state index is 5.09. The van der Waals surface area contributed by atoms with Crippen LogP contribution in [0, 0.1) is 12.7 Å². The molecule has 1 radical (unpaired) electrons. The monoisotopic (exact) mass is 210 g/mol. The first-order valence-corrected chi connectivity index (χ1v) is 2.88. The van der Waals surface area contributed by atoms with Crippen LogP contribution in [-0.4, -0.2) is 0 Å². The molecular formula is C8H11NY-2. The Bertz CT molecular complexity index is 116. The van der Waals surface area contributed by atoms with E-state index in [-0.39, 0.29) is 32.7 Å². The van der Waals surface area contributed by atoms with E-state index in [9.17, 15) is 0 Å². The Hall–Kier alpha value is 0.124. The molecule has 0 aliphatic carbocycles. The van der Waals surface area contributed by atoms with Gasteiger partial charge < -0.3 is 30.5 Å². The fourth-order valence-corrected chi connectivity index (χ4v) is 0.414. The van der Waals surface area contributed by atoms with Crippen LogP contribution in [0.15, 0.2) is 24.4 Å². The average molecular weight is 210 g/mol. The molecule has 0 unspecified atom stereocenters. The van der Waals surface area contributed by atoms with E-state index in [2.05, 4.69) is 6.08 Å². The summed E-state index contributed by atoms with van der Waals surface area (Å²) in [5.41, 5.74) is 5.09. The molecule has 2 heteroatoms. The van der Waals surface area contributed by atoms with E-state index in [1.807, 2.05) is 6.08 Å². The van der Waals surface area contributed by atoms with Gasteiger partial charge in [-0.3, -0.25) is 0 Å². The van der Waals surface area contributed by atoms with Crippen molar-refractivity contribution in [1.82, 2.24) is 0 Å². The first kappa shape index (κ1) is 12.8. The van der Waals surface area contributed by atoms with Crippen LogP contribution < -0.4 is 5.73 Å². The minimum atomic E-state index is 0. The molecule has 0 atom stereocenters. The van der Waals surface area contributed by atoms with Crippen LogP contribution in [0.2, 0.25) is 0 Å². The predicted octanol–water partition coefficient (Wildman–Crippen LogP) is 1.59. The number of hydrogen-bond acceptors (Lipinski definition) is 1. The van der Waals surface area contributed by atoms with Gasteiger partial charge >= 0.3 is 0 Å². The molecule has 0 bridgehead atoms. The summed E-state index contributed by atoms with van der Waals surface area (Å²) in [6.45, 7) is 5.06. The summed E-state index contributed by atoms with van der Waals surface area (Å²) in [6, 6.07) is 0. The molecule has 0 spiro atoms. The molecule has 0 rings (SSSR count). The Morgan fingerprint density at radius 1 is 1.50 bits per heavy atom. The predicted molar refractivity (Wildman–Crippen MR) is 39.2 cm³/mol. The van der Waals surface area contributed by atoms with Gasteiger partial charge in [-0.05, 0) is 12.6 Å². The van der Waals surface area contributed by atoms with E-state index >= 15 is 0 Å². The summed E-state index contributed by atoms with van der Waals surface area (Å²) in [7, 11) is 0. The van der Waals surface area contributed by atoms with Crippen LogP contribution in [0.4, 0.5) is 0 Å². The molecule has 0 aliphatic rings. The van der Waals surface area contributed by atoms with Crippen LogP contribution in [0.25, 0.3) is 0 Å². The number of rotatable bonds is 4. The molecule has 0 heterocycles. The minimum absolute atomic E-state index is 0. The Morgan fingerprint density at radius 2 is 2.20 bits per heavy atom. The number of unbranched alkanes of at least 4 members (excludes halogenated alkanes) is 1. The van der Waals surface area contributed by atoms with Crippen molar-refractivity contribution in [3.05, 3.63) is 37.1 Å². The van der Waals surface area contributed by atoms with Gasteiger partial charge in [-0.1, -0.05) is 6.08 Å². The Balaban J connectivity index is 0. The molecule has 0 amide bonds. The van der Waals surface area contributed by atoms with Crippen molar-refractivity contribution < 1.29 is 32.7 Å². The summed E-state index contributed by atoms with van der Waals surface area (Å²) in [4.78, 5) is 0. The van der Waals surface area contributed by atoms with Crippen LogP contribution in [0.5, 0.6) is 0 Å². The van der Waals surface area contributed by atoms with E-state index in [1.165, 1.54) is 12.3 Å². The van der Waals surface area contributed by atoms with Crippen LogP contribution in [-0.2, 0) is 32.7 Å². The number of allylic oxidation sites excluding steroid dienone is 4. The standard InChI is InChI=1S/C8H11N.Y/c1-2-3-4-5-6-7-8-9;/h1-3,7-8H,5-6,9H2;/q-2;/b8-7+;. The van der Waals surface area contributed by atoms with Gasteiger partial charge in [-0.2, -0.15) is 0 Å². The average Bonchev–Trinajstić information content (AvgIpc) is 1.89. The summed E-state index contributed by atoms with van der Waals surface area (Å²) < 4.78 is 0. The zero-order valence-electron chi connectivity index (χ0n) is 5.96. The van der Waals surface area contributed by atoms with Gasteiger partial charge in [-0.15, -0.1) is 6.42 Å². The molecule has 0 aromatic carbocycles. The third kappa shape index (κ3) is 11.0. The smallest absolute Gasteiger partial charge is 0 e. The molecule has 53 valence electrons. The SMILES string of the molecule is [CH-]=CC=[C-]CC/C=C/N.[Y]. The first-order valence-electron chi connectivity index (χ1n) is 2.88. The largest absolute Gasteiger partial charge is 0.405 e. The molecular weight excluding hydrogens is 199 g/mol. The van der Waals surface area contributed by atoms with Crippen molar-refractivity contribution in [2.45, 2.75) is 12.8 Å². The number of nitrogens with two attached hydrogens (primary N) is 1. The molecule has 2 N–H and O–H groups in total. The third-order valence-electron chi connectivity index (χ3n) is 0.806. The topological polar surface area (TPSA) is 26.0 Å². The second kappa shape index (κ2) is 11.9. The van der Waals surface area contributed by atoms with Gasteiger partial charge in [-0.25, -0.2) is 0 Å². The zero-order chi connectivity index (χ0) is 6.95. The number of hydrogen-bond donors (Lipinski definition) is 1. The van der Waals surface area contributed by atoms with E-state index in [4.69, 9.17) is 12.3 Å². The summed E-state index contributed by atoms with van der Waals surface area (Å²) in [6.07, 6.45) is 11.4. The molecule has 0 aromatic heterocycles. The van der Waals surface area contributed by atoms with Crippen molar-refractivity contribution in [2.75, 3.05) is 0 Å². The van der Waals surface area contributed by atoms with E-state index < -0.39 is 0 Å². The van der Waals surface area contributed by atoms with Crippen molar-refractivity contribution in [3.63, 3.8) is 0 Å². The maximum atomic E-state index is 5.09. The van der Waals surface area contributed by atoms with Gasteiger partial charge in [0, 0.05) is 32.7 Å². The molecule has 0 fully saturated rings. The normalized spacial score (nSPS) is 10.0. The molecule has 10 heavy (non-hydrogen) atoms. The van der Waals surface area contributed by atoms with E-state index in [1.54, 1.807) is 6.08 Å². The second-order valence-corrected chi connectivity index (χ2v) is 1.53. The van der Waals surface area contributed by atoms with Crippen LogP contribution >= 0.6 is 0 Å². The van der Waals surface area contributed by atoms with Gasteiger partial charge in [0.25, 0.3) is 0 Å². The van der Waals surface area contributed by atoms with Gasteiger partial charge in [0.15, 0.2) is 0 Å². The first-order chi connectivity index (χ1) is 4.41. The fraction of sp³-hybridized carbons (Fsp3) is 0.250. The van der Waals surface area contributed by atoms with Crippen molar-refractivity contribution in [3.8, 4) is 0 Å². The third-order valence-corrected chi connectivity index (χ3v) is 0.806. The summed E-state index contributed by atoms with van der Waals surface area (Å²) in [5, 5.41) is 0. The van der Waals surface area contributed by atoms with E-state index in [0.717, 1.165) is 12.8 Å². The van der Waals surface area contributed by atoms with Crippen LogP contribution in [0.3, 0.4) is 0 Å². The van der Waals surface area contributed by atoms with Crippen LogP contribution in [0.1, 0.15) is 12.8 Å². The molecule has 1 nitrogen and oxygen atoms in total. The maximum Gasteiger partial charge on any atom is 0 e. The van der Waals surface area contributed by atoms with Gasteiger partial charge in [0.2, 0.25) is 0 Å². The quantitative estimate of drug-likeness (QED) is 0.425. The van der Waals surface area contributed by atoms with Gasteiger partial charge in [0.05, 0.1) is 0 Å². The van der Waals surface area contributed by atoms with Crippen molar-refractivity contribution in [2.24, 2.45) is 5.73 Å². The summed E-state index contributed by atoms with van der Waals surface area (Å²) in [5.74, 6) is 0. The van der Waals surface area contributed by atoms with E-state index in [0.29, 0.717) is 0 Å². The molecule has 0 aromatic rings. The molecule has 0 aliphatic heterocycles. The zero-order valence-corrected chi connectivity index (χ0v) is 8.79. The Labute approximate surface area is 87.9 Å². The molecule has 0 saturated heterocycles. The molecule has 0 saturated carbocycles. The fourth-order valence-electron chi connectivity index (χ4n) is 0.414. The minimum Gasteiger partial charge on any atom is -0.405 e. The Kier molecular flexibility index (Phi) is 15.2. The Morgan fingerprint density at radius 3 is 2.70 bits per heavy atom. The van der Waals surface area contributed by atoms with Gasteiger partial charge in [0.1, 0.15) is 0 Å². The second-order valence-electron chi connectivity index (χ2n) is 1.53. The summed E-state index contributed by atoms with van der Waals surface area (Å²) >= 11 is 0. The van der Waals surface area contributed by atoms with Crippen molar-refractivity contribution in [1.29, 1.82) is 0 Å². The van der Waals surface area contributed by atoms with Crippen molar-refractivity contribution >= 4 is 0 Å².